The molecule has 2 fully saturated rings. The molecule has 1 spiro atoms. The van der Waals surface area contributed by atoms with E-state index < -0.39 is 5.60 Å². The molecule has 0 aromatic carbocycles. The predicted molar refractivity (Wildman–Crippen MR) is 91.7 cm³/mol. The van der Waals surface area contributed by atoms with Gasteiger partial charge in [0.2, 0.25) is 5.91 Å². The highest BCUT2D eigenvalue weighted by Crippen LogP contribution is 2.44. The molecule has 1 N–H and O–H groups in total. The van der Waals surface area contributed by atoms with Crippen LogP contribution in [0, 0.1) is 11.3 Å². The first kappa shape index (κ1) is 19.0. The summed E-state index contributed by atoms with van der Waals surface area (Å²) >= 11 is 0. The number of ether oxygens (including phenoxy) is 2. The van der Waals surface area contributed by atoms with Gasteiger partial charge in [-0.3, -0.25) is 4.79 Å². The van der Waals surface area contributed by atoms with Crippen LogP contribution in [0.4, 0.5) is 4.79 Å². The van der Waals surface area contributed by atoms with Gasteiger partial charge in [0.25, 0.3) is 0 Å². The summed E-state index contributed by atoms with van der Waals surface area (Å²) in [5.41, 5.74) is -0.435. The lowest BCUT2D eigenvalue weighted by atomic mass is 9.72. The number of carbonyl (C=O) groups is 2. The second kappa shape index (κ2) is 7.72. The molecule has 0 radical (unpaired) electrons. The number of nitrogens with zero attached hydrogens (tertiary/aromatic N) is 1. The van der Waals surface area contributed by atoms with E-state index >= 15 is 0 Å². The molecule has 2 amide bonds. The molecule has 2 aliphatic rings. The molecule has 6 nitrogen and oxygen atoms in total. The third-order valence-electron chi connectivity index (χ3n) is 5.01. The zero-order valence-corrected chi connectivity index (χ0v) is 15.5. The van der Waals surface area contributed by atoms with Crippen molar-refractivity contribution in [2.24, 2.45) is 11.3 Å². The summed E-state index contributed by atoms with van der Waals surface area (Å²) in [6.07, 6.45) is 2.97. The Labute approximate surface area is 145 Å². The molecule has 0 aliphatic carbocycles. The topological polar surface area (TPSA) is 67.9 Å². The molecule has 24 heavy (non-hydrogen) atoms. The van der Waals surface area contributed by atoms with Gasteiger partial charge in [0.15, 0.2) is 0 Å². The summed E-state index contributed by atoms with van der Waals surface area (Å²) < 4.78 is 10.9. The smallest absolute Gasteiger partial charge is 0.407 e. The van der Waals surface area contributed by atoms with Crippen molar-refractivity contribution in [1.82, 2.24) is 10.2 Å². The van der Waals surface area contributed by atoms with E-state index in [-0.39, 0.29) is 23.3 Å². The molecule has 2 saturated heterocycles. The van der Waals surface area contributed by atoms with Gasteiger partial charge in [-0.05, 0) is 45.4 Å². The molecule has 1 unspecified atom stereocenters. The van der Waals surface area contributed by atoms with E-state index in [9.17, 15) is 9.59 Å². The van der Waals surface area contributed by atoms with Crippen LogP contribution in [0.2, 0.25) is 0 Å². The number of alkyl carbamates (subject to hydrolysis) is 1. The van der Waals surface area contributed by atoms with Crippen molar-refractivity contribution in [3.8, 4) is 0 Å². The molecule has 2 aliphatic heterocycles. The molecule has 0 aromatic heterocycles. The Morgan fingerprint density at radius 2 is 1.96 bits per heavy atom. The minimum absolute atomic E-state index is 0.0661. The largest absolute Gasteiger partial charge is 0.444 e. The number of carbonyl (C=O) groups excluding carboxylic acids is 2. The van der Waals surface area contributed by atoms with Gasteiger partial charge in [-0.25, -0.2) is 4.79 Å². The quantitative estimate of drug-likeness (QED) is 0.854. The molecule has 0 aromatic rings. The van der Waals surface area contributed by atoms with E-state index in [1.807, 2.05) is 32.6 Å². The number of rotatable bonds is 4. The van der Waals surface area contributed by atoms with Crippen LogP contribution in [0.1, 0.15) is 53.4 Å². The van der Waals surface area contributed by atoms with E-state index in [1.54, 1.807) is 0 Å². The molecular weight excluding hydrogens is 308 g/mol. The van der Waals surface area contributed by atoms with Crippen molar-refractivity contribution in [3.63, 3.8) is 0 Å². The molecule has 2 rings (SSSR count). The second-order valence-electron chi connectivity index (χ2n) is 8.08. The zero-order valence-electron chi connectivity index (χ0n) is 15.5. The predicted octanol–water partition coefficient (Wildman–Crippen LogP) is 2.57. The fourth-order valence-electron chi connectivity index (χ4n) is 3.74. The number of hydrogen-bond donors (Lipinski definition) is 1. The second-order valence-corrected chi connectivity index (χ2v) is 8.08. The first-order valence-corrected chi connectivity index (χ1v) is 9.08. The van der Waals surface area contributed by atoms with Crippen molar-refractivity contribution in [3.05, 3.63) is 0 Å². The Morgan fingerprint density at radius 3 is 2.54 bits per heavy atom. The minimum Gasteiger partial charge on any atom is -0.444 e. The highest BCUT2D eigenvalue weighted by Gasteiger charge is 2.48. The average Bonchev–Trinajstić information content (AvgIpc) is 2.83. The van der Waals surface area contributed by atoms with Gasteiger partial charge in [0, 0.05) is 45.2 Å². The molecule has 6 heteroatoms. The first-order valence-electron chi connectivity index (χ1n) is 9.08. The molecular formula is C18H32N2O4. The van der Waals surface area contributed by atoms with Gasteiger partial charge in [-0.15, -0.1) is 0 Å². The Morgan fingerprint density at radius 1 is 1.29 bits per heavy atom. The summed E-state index contributed by atoms with van der Waals surface area (Å²) in [5, 5.41) is 2.90. The van der Waals surface area contributed by atoms with E-state index in [4.69, 9.17) is 9.47 Å². The SMILES string of the molecule is CCCC(=O)N1CC(CNC(=O)OC(C)(C)C)C2(CCOCC2)C1. The van der Waals surface area contributed by atoms with Crippen LogP contribution in [0.15, 0.2) is 0 Å². The Bertz CT molecular complexity index is 452. The van der Waals surface area contributed by atoms with Crippen molar-refractivity contribution >= 4 is 12.0 Å². The monoisotopic (exact) mass is 340 g/mol. The van der Waals surface area contributed by atoms with Crippen LogP contribution in [-0.2, 0) is 14.3 Å². The number of likely N-dealkylation sites (tertiary alicyclic amines) is 1. The van der Waals surface area contributed by atoms with Crippen molar-refractivity contribution in [2.75, 3.05) is 32.8 Å². The maximum Gasteiger partial charge on any atom is 0.407 e. The molecule has 0 saturated carbocycles. The lowest BCUT2D eigenvalue weighted by Crippen LogP contribution is -2.43. The molecule has 2 heterocycles. The summed E-state index contributed by atoms with van der Waals surface area (Å²) in [7, 11) is 0. The van der Waals surface area contributed by atoms with Crippen LogP contribution < -0.4 is 5.32 Å². The fourth-order valence-corrected chi connectivity index (χ4v) is 3.74. The first-order chi connectivity index (χ1) is 11.3. The van der Waals surface area contributed by atoms with Crippen molar-refractivity contribution in [1.29, 1.82) is 0 Å². The van der Waals surface area contributed by atoms with Crippen LogP contribution in [-0.4, -0.2) is 55.3 Å². The van der Waals surface area contributed by atoms with Gasteiger partial charge in [-0.1, -0.05) is 6.92 Å². The standard InChI is InChI=1S/C18H32N2O4/c1-5-6-15(21)20-12-14(11-19-16(22)24-17(2,3)4)18(13-20)7-9-23-10-8-18/h14H,5-13H2,1-4H3,(H,19,22). The van der Waals surface area contributed by atoms with Crippen LogP contribution in [0.5, 0.6) is 0 Å². The third-order valence-corrected chi connectivity index (χ3v) is 5.01. The number of hydrogen-bond acceptors (Lipinski definition) is 4. The van der Waals surface area contributed by atoms with Crippen molar-refractivity contribution in [2.45, 2.75) is 59.0 Å². The van der Waals surface area contributed by atoms with Crippen molar-refractivity contribution < 1.29 is 19.1 Å². The van der Waals surface area contributed by atoms with Gasteiger partial charge >= 0.3 is 6.09 Å². The number of amides is 2. The Kier molecular flexibility index (Phi) is 6.12. The Hall–Kier alpha value is -1.30. The third kappa shape index (κ3) is 4.85. The van der Waals surface area contributed by atoms with Gasteiger partial charge in [-0.2, -0.15) is 0 Å². The fraction of sp³-hybridized carbons (Fsp3) is 0.889. The lowest BCUT2D eigenvalue weighted by Gasteiger charge is -2.38. The van der Waals surface area contributed by atoms with Crippen LogP contribution in [0.3, 0.4) is 0 Å². The van der Waals surface area contributed by atoms with Gasteiger partial charge < -0.3 is 19.7 Å². The van der Waals surface area contributed by atoms with Crippen LogP contribution >= 0.6 is 0 Å². The maximum atomic E-state index is 12.3. The zero-order chi connectivity index (χ0) is 17.8. The summed E-state index contributed by atoms with van der Waals surface area (Å²) in [5.74, 6) is 0.484. The van der Waals surface area contributed by atoms with E-state index in [0.29, 0.717) is 19.5 Å². The van der Waals surface area contributed by atoms with Gasteiger partial charge in [0.05, 0.1) is 0 Å². The Balaban J connectivity index is 1.99. The van der Waals surface area contributed by atoms with Crippen LogP contribution in [0.25, 0.3) is 0 Å². The molecule has 1 atom stereocenters. The van der Waals surface area contributed by atoms with E-state index in [2.05, 4.69) is 5.32 Å². The minimum atomic E-state index is -0.501. The summed E-state index contributed by atoms with van der Waals surface area (Å²) in [6, 6.07) is 0. The normalized spacial score (nSPS) is 23.3. The van der Waals surface area contributed by atoms with E-state index in [0.717, 1.165) is 39.0 Å². The van der Waals surface area contributed by atoms with Gasteiger partial charge in [0.1, 0.15) is 5.60 Å². The summed E-state index contributed by atoms with van der Waals surface area (Å²) in [6.45, 7) is 11.1. The number of nitrogens with one attached hydrogen (secondary N) is 1. The highest BCUT2D eigenvalue weighted by atomic mass is 16.6. The molecule has 138 valence electrons. The van der Waals surface area contributed by atoms with E-state index in [1.165, 1.54) is 0 Å². The maximum absolute atomic E-state index is 12.3. The molecule has 0 bridgehead atoms. The lowest BCUT2D eigenvalue weighted by molar-refractivity contribution is -0.130. The average molecular weight is 340 g/mol. The summed E-state index contributed by atoms with van der Waals surface area (Å²) in [4.78, 5) is 26.3. The highest BCUT2D eigenvalue weighted by molar-refractivity contribution is 5.76.